The molecule has 0 heterocycles. The smallest absolute Gasteiger partial charge is 0.483 e. The molecule has 0 aliphatic carbocycles. The Kier molecular flexibility index (Phi) is 7.19. The molecule has 1 rings (SSSR count). The Bertz CT molecular complexity index is 187. The maximum absolute atomic E-state index is 8.36. The summed E-state index contributed by atoms with van der Waals surface area (Å²) < 4.78 is 1.17. The maximum atomic E-state index is 8.36. The topological polar surface area (TPSA) is 37.3 Å². The highest BCUT2D eigenvalue weighted by Crippen LogP contribution is 1.95. The Hall–Kier alpha value is -0.544. The lowest BCUT2D eigenvalue weighted by molar-refractivity contribution is -0.122. The van der Waals surface area contributed by atoms with E-state index in [1.807, 2.05) is 27.8 Å². The van der Waals surface area contributed by atoms with Crippen molar-refractivity contribution in [2.75, 3.05) is 0 Å². The normalized spacial score (nSPS) is 7.73. The van der Waals surface area contributed by atoms with Crippen LogP contribution in [0.1, 0.15) is 5.56 Å². The summed E-state index contributed by atoms with van der Waals surface area (Å²) in [5, 5.41) is 6.89. The van der Waals surface area contributed by atoms with Crippen LogP contribution < -0.4 is 0 Å². The predicted octanol–water partition coefficient (Wildman–Crippen LogP) is 1.06. The second-order valence-electron chi connectivity index (χ2n) is 1.84. The SMILES string of the molecule is O=CO.[Mg+2][CH2]c1ccccc1. The quantitative estimate of drug-likeness (QED) is 0.494. The van der Waals surface area contributed by atoms with Crippen molar-refractivity contribution >= 4 is 28.2 Å². The Morgan fingerprint density at radius 3 is 2.09 bits per heavy atom. The summed E-state index contributed by atoms with van der Waals surface area (Å²) in [5.41, 5.74) is 1.42. The van der Waals surface area contributed by atoms with Gasteiger partial charge in [0.25, 0.3) is 11.0 Å². The first-order valence-corrected chi connectivity index (χ1v) is 4.26. The summed E-state index contributed by atoms with van der Waals surface area (Å²) in [7, 11) is 0. The van der Waals surface area contributed by atoms with Crippen molar-refractivity contribution in [2.45, 2.75) is 4.55 Å². The molecule has 11 heavy (non-hydrogen) atoms. The van der Waals surface area contributed by atoms with Crippen molar-refractivity contribution in [3.05, 3.63) is 35.9 Å². The van der Waals surface area contributed by atoms with E-state index in [2.05, 4.69) is 24.3 Å². The first kappa shape index (κ1) is 10.5. The second kappa shape index (κ2) is 7.56. The van der Waals surface area contributed by atoms with Gasteiger partial charge in [0.05, 0.1) is 0 Å². The van der Waals surface area contributed by atoms with Crippen LogP contribution in [0.3, 0.4) is 0 Å². The number of rotatable bonds is 1. The summed E-state index contributed by atoms with van der Waals surface area (Å²) in [4.78, 5) is 8.36. The van der Waals surface area contributed by atoms with E-state index in [1.54, 1.807) is 0 Å². The third-order valence-electron chi connectivity index (χ3n) is 1.13. The van der Waals surface area contributed by atoms with Gasteiger partial charge in [0, 0.05) is 5.56 Å². The highest BCUT2D eigenvalue weighted by atomic mass is 24.4. The lowest BCUT2D eigenvalue weighted by atomic mass is 10.2. The first-order valence-electron chi connectivity index (χ1n) is 3.26. The molecular weight excluding hydrogens is 152 g/mol. The highest BCUT2D eigenvalue weighted by molar-refractivity contribution is 6.08. The van der Waals surface area contributed by atoms with Gasteiger partial charge in [0.15, 0.2) is 0 Å². The Labute approximate surface area is 78.7 Å². The van der Waals surface area contributed by atoms with Crippen molar-refractivity contribution in [1.29, 1.82) is 0 Å². The summed E-state index contributed by atoms with van der Waals surface area (Å²) in [6, 6.07) is 10.5. The van der Waals surface area contributed by atoms with Gasteiger partial charge in [-0.25, -0.2) is 0 Å². The molecule has 0 bridgehead atoms. The molecule has 1 N–H and O–H groups in total. The number of hydrogen-bond acceptors (Lipinski definition) is 1. The van der Waals surface area contributed by atoms with Gasteiger partial charge in [-0.3, -0.25) is 4.79 Å². The highest BCUT2D eigenvalue weighted by Gasteiger charge is 2.22. The molecule has 1 aromatic carbocycles. The average molecular weight is 161 g/mol. The van der Waals surface area contributed by atoms with E-state index in [0.29, 0.717) is 0 Å². The minimum Gasteiger partial charge on any atom is -0.483 e. The third-order valence-corrected chi connectivity index (χ3v) is 1.71. The van der Waals surface area contributed by atoms with Gasteiger partial charge in [0.1, 0.15) is 0 Å². The van der Waals surface area contributed by atoms with Gasteiger partial charge in [-0.05, 0) is 0 Å². The summed E-state index contributed by atoms with van der Waals surface area (Å²) in [5.74, 6) is 0. The molecule has 0 aliphatic heterocycles. The summed E-state index contributed by atoms with van der Waals surface area (Å²) in [6.07, 6.45) is 0. The van der Waals surface area contributed by atoms with E-state index >= 15 is 0 Å². The van der Waals surface area contributed by atoms with Crippen molar-refractivity contribution in [3.8, 4) is 0 Å². The minimum atomic E-state index is -0.250. The molecule has 1 aromatic rings. The lowest BCUT2D eigenvalue weighted by Gasteiger charge is -1.80. The van der Waals surface area contributed by atoms with Crippen LogP contribution in [-0.2, 0) is 9.34 Å². The van der Waals surface area contributed by atoms with E-state index in [1.165, 1.54) is 10.1 Å². The molecule has 0 amide bonds. The van der Waals surface area contributed by atoms with Gasteiger partial charge in [-0.2, -0.15) is 0 Å². The van der Waals surface area contributed by atoms with E-state index in [0.717, 1.165) is 0 Å². The molecule has 0 spiro atoms. The first-order chi connectivity index (χ1) is 5.35. The van der Waals surface area contributed by atoms with E-state index < -0.39 is 0 Å². The average Bonchev–Trinajstić information content (AvgIpc) is 2.08. The molecule has 53 valence electrons. The Morgan fingerprint density at radius 1 is 1.36 bits per heavy atom. The van der Waals surface area contributed by atoms with E-state index in [4.69, 9.17) is 9.90 Å². The fourth-order valence-corrected chi connectivity index (χ4v) is 0.978. The van der Waals surface area contributed by atoms with Crippen LogP contribution in [0.15, 0.2) is 30.3 Å². The maximum Gasteiger partial charge on any atom is 1.42 e. The van der Waals surface area contributed by atoms with Crippen LogP contribution in [0, 0.1) is 0 Å². The van der Waals surface area contributed by atoms with Gasteiger partial charge in [-0.15, -0.1) is 0 Å². The number of hydrogen-bond donors (Lipinski definition) is 1. The molecule has 2 nitrogen and oxygen atoms in total. The van der Waals surface area contributed by atoms with Gasteiger partial charge in [-0.1, -0.05) is 30.3 Å². The zero-order valence-corrected chi connectivity index (χ0v) is 7.65. The molecule has 0 aliphatic rings. The molecule has 7 radical (unpaired) electrons. The predicted molar refractivity (Wildman–Crippen MR) is 44.6 cm³/mol. The molecule has 0 atom stereocenters. The van der Waals surface area contributed by atoms with Crippen molar-refractivity contribution < 1.29 is 9.90 Å². The molecule has 0 saturated carbocycles. The number of benzene rings is 1. The number of carboxylic acid groups (broad SMARTS) is 1. The fourth-order valence-electron chi connectivity index (χ4n) is 0.645. The zero-order valence-electron chi connectivity index (χ0n) is 6.23. The van der Waals surface area contributed by atoms with E-state index in [-0.39, 0.29) is 6.47 Å². The van der Waals surface area contributed by atoms with Crippen molar-refractivity contribution in [2.24, 2.45) is 0 Å². The molecular formula is C8H9MgO2+2. The second-order valence-corrected chi connectivity index (χ2v) is 2.34. The summed E-state index contributed by atoms with van der Waals surface area (Å²) >= 11 is 1.98. The largest absolute Gasteiger partial charge is 1.42 e. The van der Waals surface area contributed by atoms with Crippen LogP contribution in [0.25, 0.3) is 0 Å². The van der Waals surface area contributed by atoms with Crippen molar-refractivity contribution in [1.82, 2.24) is 0 Å². The van der Waals surface area contributed by atoms with Crippen LogP contribution in [0.2, 0.25) is 0 Å². The molecule has 0 saturated heterocycles. The number of carbonyl (C=O) groups is 1. The van der Waals surface area contributed by atoms with Gasteiger partial charge in [0.2, 0.25) is 0 Å². The Morgan fingerprint density at radius 2 is 1.82 bits per heavy atom. The summed E-state index contributed by atoms with van der Waals surface area (Å²) in [6.45, 7) is -0.250. The molecule has 3 heteroatoms. The van der Waals surface area contributed by atoms with Crippen molar-refractivity contribution in [3.63, 3.8) is 0 Å². The fraction of sp³-hybridized carbons (Fsp3) is 0.125. The third kappa shape index (κ3) is 5.88. The van der Waals surface area contributed by atoms with Crippen LogP contribution in [0.4, 0.5) is 0 Å². The zero-order chi connectivity index (χ0) is 8.53. The Balaban J connectivity index is 0.000000292. The lowest BCUT2D eigenvalue weighted by Crippen LogP contribution is -1.78. The van der Waals surface area contributed by atoms with Gasteiger partial charge < -0.3 is 5.11 Å². The van der Waals surface area contributed by atoms with Crippen LogP contribution in [0.5, 0.6) is 0 Å². The standard InChI is InChI=1S/C7H7.CH2O2.Mg/c1-7-5-3-2-4-6-7;2-1-3;/h2-6H,1H2;1H,(H,2,3);/q;;+2. The molecule has 0 fully saturated rings. The molecule has 0 aromatic heterocycles. The molecule has 0 unspecified atom stereocenters. The van der Waals surface area contributed by atoms with Gasteiger partial charge >= 0.3 is 21.7 Å². The minimum absolute atomic E-state index is 0.250. The van der Waals surface area contributed by atoms with E-state index in [9.17, 15) is 0 Å². The van der Waals surface area contributed by atoms with Crippen LogP contribution in [-0.4, -0.2) is 33.3 Å². The monoisotopic (exact) mass is 161 g/mol. The van der Waals surface area contributed by atoms with Crippen LogP contribution >= 0.6 is 0 Å².